The minimum absolute atomic E-state index is 0.191. The standard InChI is InChI=1S/C18H18F2N2O4/c1-11-2-4-13(7-15(11)24-9-17(19)20)22-18(23)21-8-12-3-5-14-16(6-12)26-10-25-14/h2-7,17H,8-10H2,1H3,(H2,21,22,23). The van der Waals surface area contributed by atoms with Crippen LogP contribution in [0.25, 0.3) is 0 Å². The van der Waals surface area contributed by atoms with Gasteiger partial charge >= 0.3 is 6.03 Å². The van der Waals surface area contributed by atoms with Crippen molar-refractivity contribution in [1.82, 2.24) is 5.32 Å². The first-order valence-corrected chi connectivity index (χ1v) is 7.96. The zero-order valence-electron chi connectivity index (χ0n) is 14.1. The molecule has 1 aliphatic heterocycles. The normalized spacial score (nSPS) is 12.2. The smallest absolute Gasteiger partial charge is 0.319 e. The third kappa shape index (κ3) is 4.53. The SMILES string of the molecule is Cc1ccc(NC(=O)NCc2ccc3c(c2)OCO3)cc1OCC(F)F. The molecule has 6 nitrogen and oxygen atoms in total. The topological polar surface area (TPSA) is 68.8 Å². The Hall–Kier alpha value is -3.03. The van der Waals surface area contributed by atoms with E-state index in [0.29, 0.717) is 35.0 Å². The Labute approximate surface area is 149 Å². The molecule has 0 fully saturated rings. The van der Waals surface area contributed by atoms with E-state index in [0.717, 1.165) is 5.56 Å². The molecule has 1 aliphatic rings. The van der Waals surface area contributed by atoms with Gasteiger partial charge in [0, 0.05) is 18.3 Å². The van der Waals surface area contributed by atoms with Gasteiger partial charge in [-0.3, -0.25) is 0 Å². The van der Waals surface area contributed by atoms with Gasteiger partial charge in [-0.25, -0.2) is 13.6 Å². The van der Waals surface area contributed by atoms with E-state index in [4.69, 9.17) is 14.2 Å². The first-order valence-electron chi connectivity index (χ1n) is 7.96. The molecule has 0 saturated heterocycles. The molecule has 2 aromatic carbocycles. The summed E-state index contributed by atoms with van der Waals surface area (Å²) in [6.07, 6.45) is -2.56. The fraction of sp³-hybridized carbons (Fsp3) is 0.278. The monoisotopic (exact) mass is 364 g/mol. The van der Waals surface area contributed by atoms with Gasteiger partial charge in [0.15, 0.2) is 11.5 Å². The van der Waals surface area contributed by atoms with Crippen LogP contribution in [-0.4, -0.2) is 25.9 Å². The van der Waals surface area contributed by atoms with E-state index in [1.54, 1.807) is 31.2 Å². The number of amides is 2. The van der Waals surface area contributed by atoms with Gasteiger partial charge in [-0.15, -0.1) is 0 Å². The Morgan fingerprint density at radius 2 is 2.00 bits per heavy atom. The Balaban J connectivity index is 1.55. The number of anilines is 1. The van der Waals surface area contributed by atoms with Gasteiger partial charge in [-0.2, -0.15) is 0 Å². The van der Waals surface area contributed by atoms with E-state index in [9.17, 15) is 13.6 Å². The van der Waals surface area contributed by atoms with Crippen LogP contribution < -0.4 is 24.8 Å². The number of alkyl halides is 2. The molecule has 2 amide bonds. The lowest BCUT2D eigenvalue weighted by Gasteiger charge is -2.12. The number of rotatable bonds is 6. The molecular formula is C18H18F2N2O4. The fourth-order valence-electron chi connectivity index (χ4n) is 2.39. The van der Waals surface area contributed by atoms with Crippen LogP contribution in [0.3, 0.4) is 0 Å². The van der Waals surface area contributed by atoms with E-state index in [-0.39, 0.29) is 6.79 Å². The summed E-state index contributed by atoms with van der Waals surface area (Å²) in [6, 6.07) is 9.85. The van der Waals surface area contributed by atoms with Crippen LogP contribution in [0, 0.1) is 6.92 Å². The van der Waals surface area contributed by atoms with E-state index in [1.807, 2.05) is 6.07 Å². The van der Waals surface area contributed by atoms with Gasteiger partial charge in [-0.05, 0) is 36.2 Å². The largest absolute Gasteiger partial charge is 0.487 e. The van der Waals surface area contributed by atoms with Gasteiger partial charge in [-0.1, -0.05) is 12.1 Å². The molecule has 0 saturated carbocycles. The molecule has 3 rings (SSSR count). The number of hydrogen-bond acceptors (Lipinski definition) is 4. The summed E-state index contributed by atoms with van der Waals surface area (Å²) >= 11 is 0. The molecule has 26 heavy (non-hydrogen) atoms. The summed E-state index contributed by atoms with van der Waals surface area (Å²) in [6.45, 7) is 1.53. The number of hydrogen-bond donors (Lipinski definition) is 2. The van der Waals surface area contributed by atoms with Crippen molar-refractivity contribution in [2.24, 2.45) is 0 Å². The maximum Gasteiger partial charge on any atom is 0.319 e. The molecular weight excluding hydrogens is 346 g/mol. The number of nitrogens with one attached hydrogen (secondary N) is 2. The average Bonchev–Trinajstić information content (AvgIpc) is 3.08. The van der Waals surface area contributed by atoms with Crippen LogP contribution in [-0.2, 0) is 6.54 Å². The van der Waals surface area contributed by atoms with Crippen molar-refractivity contribution in [3.8, 4) is 17.2 Å². The number of urea groups is 1. The predicted molar refractivity (Wildman–Crippen MR) is 91.1 cm³/mol. The first-order chi connectivity index (χ1) is 12.5. The Morgan fingerprint density at radius 3 is 2.81 bits per heavy atom. The molecule has 0 radical (unpaired) electrons. The predicted octanol–water partition coefficient (Wildman–Crippen LogP) is 3.69. The van der Waals surface area contributed by atoms with Crippen LogP contribution in [0.4, 0.5) is 19.3 Å². The molecule has 0 atom stereocenters. The minimum Gasteiger partial charge on any atom is -0.487 e. The van der Waals surface area contributed by atoms with Crippen molar-refractivity contribution in [2.45, 2.75) is 19.9 Å². The van der Waals surface area contributed by atoms with Crippen LogP contribution in [0.2, 0.25) is 0 Å². The van der Waals surface area contributed by atoms with Gasteiger partial charge < -0.3 is 24.8 Å². The lowest BCUT2D eigenvalue weighted by atomic mass is 10.2. The lowest BCUT2D eigenvalue weighted by Crippen LogP contribution is -2.28. The summed E-state index contributed by atoms with van der Waals surface area (Å²) in [5.74, 6) is 1.62. The summed E-state index contributed by atoms with van der Waals surface area (Å²) in [7, 11) is 0. The number of aryl methyl sites for hydroxylation is 1. The van der Waals surface area contributed by atoms with Crippen LogP contribution in [0.5, 0.6) is 17.2 Å². The molecule has 0 bridgehead atoms. The first kappa shape index (κ1) is 17.8. The summed E-state index contributed by atoms with van der Waals surface area (Å²) in [4.78, 5) is 12.0. The highest BCUT2D eigenvalue weighted by Gasteiger charge is 2.13. The maximum atomic E-state index is 12.3. The van der Waals surface area contributed by atoms with Crippen molar-refractivity contribution in [1.29, 1.82) is 0 Å². The Bertz CT molecular complexity index is 799. The quantitative estimate of drug-likeness (QED) is 0.820. The number of benzene rings is 2. The van der Waals surface area contributed by atoms with Crippen molar-refractivity contribution < 1.29 is 27.8 Å². The lowest BCUT2D eigenvalue weighted by molar-refractivity contribution is 0.0816. The Morgan fingerprint density at radius 1 is 1.19 bits per heavy atom. The third-order valence-electron chi connectivity index (χ3n) is 3.70. The number of fused-ring (bicyclic) bond motifs is 1. The van der Waals surface area contributed by atoms with Crippen LogP contribution in [0.15, 0.2) is 36.4 Å². The molecule has 0 unspecified atom stereocenters. The highest BCUT2D eigenvalue weighted by atomic mass is 19.3. The minimum atomic E-state index is -2.56. The molecule has 1 heterocycles. The third-order valence-corrected chi connectivity index (χ3v) is 3.70. The van der Waals surface area contributed by atoms with Gasteiger partial charge in [0.05, 0.1) is 0 Å². The Kier molecular flexibility index (Phi) is 5.40. The molecule has 0 spiro atoms. The number of carbonyl (C=O) groups is 1. The number of halogens is 2. The molecule has 138 valence electrons. The van der Waals surface area contributed by atoms with Gasteiger partial charge in [0.25, 0.3) is 6.43 Å². The average molecular weight is 364 g/mol. The van der Waals surface area contributed by atoms with Crippen molar-refractivity contribution in [3.05, 3.63) is 47.5 Å². The second kappa shape index (κ2) is 7.90. The number of carbonyl (C=O) groups excluding carboxylic acids is 1. The van der Waals surface area contributed by atoms with E-state index < -0.39 is 19.1 Å². The van der Waals surface area contributed by atoms with E-state index in [1.165, 1.54) is 6.07 Å². The molecule has 2 aromatic rings. The van der Waals surface area contributed by atoms with E-state index in [2.05, 4.69) is 10.6 Å². The zero-order chi connectivity index (χ0) is 18.5. The van der Waals surface area contributed by atoms with Gasteiger partial charge in [0.2, 0.25) is 6.79 Å². The number of ether oxygens (including phenoxy) is 3. The van der Waals surface area contributed by atoms with Crippen molar-refractivity contribution in [2.75, 3.05) is 18.7 Å². The second-order valence-electron chi connectivity index (χ2n) is 5.68. The maximum absolute atomic E-state index is 12.3. The fourth-order valence-corrected chi connectivity index (χ4v) is 2.39. The van der Waals surface area contributed by atoms with Crippen LogP contribution in [0.1, 0.15) is 11.1 Å². The van der Waals surface area contributed by atoms with Gasteiger partial charge in [0.1, 0.15) is 12.4 Å². The molecule has 2 N–H and O–H groups in total. The molecule has 0 aromatic heterocycles. The summed E-state index contributed by atoms with van der Waals surface area (Å²) < 4.78 is 40.1. The van der Waals surface area contributed by atoms with E-state index >= 15 is 0 Å². The molecule has 8 heteroatoms. The van der Waals surface area contributed by atoms with Crippen molar-refractivity contribution >= 4 is 11.7 Å². The summed E-state index contributed by atoms with van der Waals surface area (Å²) in [5.41, 5.74) is 2.01. The molecule has 0 aliphatic carbocycles. The highest BCUT2D eigenvalue weighted by Crippen LogP contribution is 2.32. The van der Waals surface area contributed by atoms with Crippen molar-refractivity contribution in [3.63, 3.8) is 0 Å². The van der Waals surface area contributed by atoms with Crippen LogP contribution >= 0.6 is 0 Å². The summed E-state index contributed by atoms with van der Waals surface area (Å²) in [5, 5.41) is 5.36. The highest BCUT2D eigenvalue weighted by molar-refractivity contribution is 5.89. The zero-order valence-corrected chi connectivity index (χ0v) is 14.1. The second-order valence-corrected chi connectivity index (χ2v) is 5.68.